The van der Waals surface area contributed by atoms with Crippen LogP contribution in [0.2, 0.25) is 5.04 Å². The Labute approximate surface area is 208 Å². The summed E-state index contributed by atoms with van der Waals surface area (Å²) >= 11 is 1.58. The Morgan fingerprint density at radius 3 is 1.97 bits per heavy atom. The fraction of sp³-hybridized carbons (Fsp3) is 0.519. The van der Waals surface area contributed by atoms with Gasteiger partial charge in [-0.1, -0.05) is 81.4 Å². The second kappa shape index (κ2) is 9.10. The Morgan fingerprint density at radius 1 is 0.971 bits per heavy atom. The predicted octanol–water partition coefficient (Wildman–Crippen LogP) is 4.48. The van der Waals surface area contributed by atoms with Gasteiger partial charge in [0.15, 0.2) is 11.2 Å². The third-order valence-corrected chi connectivity index (χ3v) is 13.1. The fourth-order valence-electron chi connectivity index (χ4n) is 5.24. The standard InChI is InChI=1S/C27H36O5SSi/c1-19(28)30-24-22-23(32-26(5,6)31-22)27(7,33-24)18-29-34(25(2,3)4,20-14-10-8-11-15-20)21-16-12-9-13-17-21/h8-17,22-24H,18H2,1-7H3/t22-,23-,24?,27+/m0/s1. The number of rotatable bonds is 6. The zero-order valence-electron chi connectivity index (χ0n) is 21.2. The lowest BCUT2D eigenvalue weighted by molar-refractivity contribution is -0.164. The molecule has 0 saturated carbocycles. The van der Waals surface area contributed by atoms with E-state index in [0.717, 1.165) is 0 Å². The van der Waals surface area contributed by atoms with Gasteiger partial charge in [0.05, 0.1) is 11.4 Å². The summed E-state index contributed by atoms with van der Waals surface area (Å²) in [5, 5.41) is 2.34. The normalized spacial score (nSPS) is 28.5. The molecule has 0 bridgehead atoms. The van der Waals surface area contributed by atoms with Gasteiger partial charge < -0.3 is 18.6 Å². The van der Waals surface area contributed by atoms with Gasteiger partial charge in [0, 0.05) is 6.92 Å². The number of ether oxygens (including phenoxy) is 3. The van der Waals surface area contributed by atoms with E-state index in [1.807, 2.05) is 26.0 Å². The van der Waals surface area contributed by atoms with E-state index in [0.29, 0.717) is 6.61 Å². The van der Waals surface area contributed by atoms with E-state index in [1.54, 1.807) is 11.8 Å². The molecular formula is C27H36O5SSi. The van der Waals surface area contributed by atoms with Crippen LogP contribution in [0.1, 0.15) is 48.5 Å². The Hall–Kier alpha value is -1.64. The highest BCUT2D eigenvalue weighted by atomic mass is 32.2. The van der Waals surface area contributed by atoms with Crippen LogP contribution in [0.4, 0.5) is 0 Å². The number of thioether (sulfide) groups is 1. The molecule has 1 unspecified atom stereocenters. The maximum Gasteiger partial charge on any atom is 0.303 e. The molecule has 0 aliphatic carbocycles. The van der Waals surface area contributed by atoms with Crippen molar-refractivity contribution in [3.63, 3.8) is 0 Å². The summed E-state index contributed by atoms with van der Waals surface area (Å²) in [4.78, 5) is 11.8. The van der Waals surface area contributed by atoms with Gasteiger partial charge in [0.1, 0.15) is 12.2 Å². The largest absolute Gasteiger partial charge is 0.449 e. The van der Waals surface area contributed by atoms with Gasteiger partial charge in [-0.25, -0.2) is 0 Å². The number of carbonyl (C=O) groups is 1. The maximum atomic E-state index is 11.8. The highest BCUT2D eigenvalue weighted by Crippen LogP contribution is 2.53. The molecule has 0 N–H and O–H groups in total. The van der Waals surface area contributed by atoms with Gasteiger partial charge in [0.2, 0.25) is 0 Å². The number of hydrogen-bond acceptors (Lipinski definition) is 6. The maximum absolute atomic E-state index is 11.8. The van der Waals surface area contributed by atoms with E-state index < -0.39 is 24.3 Å². The molecule has 5 nitrogen and oxygen atoms in total. The quantitative estimate of drug-likeness (QED) is 0.431. The summed E-state index contributed by atoms with van der Waals surface area (Å²) in [5.74, 6) is -1.06. The zero-order chi connectivity index (χ0) is 24.8. The molecule has 0 amide bonds. The SMILES string of the molecule is CC(=O)OC1S[C@](C)(CO[Si](c2ccccc2)(c2ccccc2)C(C)(C)C)[C@H]2OC(C)(C)O[C@H]12. The summed E-state index contributed by atoms with van der Waals surface area (Å²) in [6.07, 6.45) is -0.591. The number of fused-ring (bicyclic) bond motifs is 1. The average molecular weight is 501 g/mol. The number of carbonyl (C=O) groups excluding carboxylic acids is 1. The molecule has 4 rings (SSSR count). The Balaban J connectivity index is 1.74. The monoisotopic (exact) mass is 500 g/mol. The molecule has 0 aromatic heterocycles. The Morgan fingerprint density at radius 2 is 1.50 bits per heavy atom. The molecule has 2 aromatic carbocycles. The van der Waals surface area contributed by atoms with Crippen molar-refractivity contribution in [1.29, 1.82) is 0 Å². The van der Waals surface area contributed by atoms with Crippen molar-refractivity contribution in [2.45, 2.75) is 81.7 Å². The van der Waals surface area contributed by atoms with E-state index in [-0.39, 0.29) is 23.2 Å². The molecule has 0 radical (unpaired) electrons. The predicted molar refractivity (Wildman–Crippen MR) is 139 cm³/mol. The minimum absolute atomic E-state index is 0.129. The molecule has 34 heavy (non-hydrogen) atoms. The molecule has 0 spiro atoms. The first-order valence-electron chi connectivity index (χ1n) is 11.8. The lowest BCUT2D eigenvalue weighted by atomic mass is 10.0. The van der Waals surface area contributed by atoms with E-state index >= 15 is 0 Å². The summed E-state index contributed by atoms with van der Waals surface area (Å²) in [6.45, 7) is 14.6. The third-order valence-electron chi connectivity index (χ3n) is 6.66. The molecule has 2 aliphatic rings. The fourth-order valence-corrected chi connectivity index (χ4v) is 11.5. The molecule has 2 fully saturated rings. The van der Waals surface area contributed by atoms with Crippen LogP contribution in [0.25, 0.3) is 0 Å². The van der Waals surface area contributed by atoms with Crippen molar-refractivity contribution in [2.75, 3.05) is 6.61 Å². The lowest BCUT2D eigenvalue weighted by Gasteiger charge is -2.45. The molecular weight excluding hydrogens is 464 g/mol. The molecule has 7 heteroatoms. The summed E-state index contributed by atoms with van der Waals surface area (Å²) < 4.78 is 25.0. The van der Waals surface area contributed by atoms with Gasteiger partial charge >= 0.3 is 5.97 Å². The Bertz CT molecular complexity index is 967. The van der Waals surface area contributed by atoms with E-state index in [1.165, 1.54) is 17.3 Å². The van der Waals surface area contributed by atoms with Crippen LogP contribution in [0, 0.1) is 0 Å². The highest BCUT2D eigenvalue weighted by molar-refractivity contribution is 8.01. The zero-order valence-corrected chi connectivity index (χ0v) is 23.0. The van der Waals surface area contributed by atoms with E-state index in [2.05, 4.69) is 76.2 Å². The topological polar surface area (TPSA) is 54.0 Å². The van der Waals surface area contributed by atoms with Crippen molar-refractivity contribution in [2.24, 2.45) is 0 Å². The van der Waals surface area contributed by atoms with Crippen molar-refractivity contribution >= 4 is 36.4 Å². The smallest absolute Gasteiger partial charge is 0.303 e. The second-order valence-electron chi connectivity index (χ2n) is 10.9. The van der Waals surface area contributed by atoms with Crippen molar-refractivity contribution in [3.8, 4) is 0 Å². The van der Waals surface area contributed by atoms with E-state index in [4.69, 9.17) is 18.6 Å². The van der Waals surface area contributed by atoms with Crippen LogP contribution in [0.15, 0.2) is 60.7 Å². The highest BCUT2D eigenvalue weighted by Gasteiger charge is 2.63. The number of esters is 1. The lowest BCUT2D eigenvalue weighted by Crippen LogP contribution is -2.67. The molecule has 2 aliphatic heterocycles. The minimum atomic E-state index is -2.72. The molecule has 184 valence electrons. The number of benzene rings is 2. The van der Waals surface area contributed by atoms with Crippen molar-refractivity contribution in [1.82, 2.24) is 0 Å². The van der Waals surface area contributed by atoms with Gasteiger partial charge in [-0.3, -0.25) is 4.79 Å². The van der Waals surface area contributed by atoms with E-state index in [9.17, 15) is 4.79 Å². The minimum Gasteiger partial charge on any atom is -0.449 e. The van der Waals surface area contributed by atoms with Gasteiger partial charge in [-0.2, -0.15) is 0 Å². The average Bonchev–Trinajstić information content (AvgIpc) is 3.21. The molecule has 2 saturated heterocycles. The van der Waals surface area contributed by atoms with Gasteiger partial charge in [-0.15, -0.1) is 11.8 Å². The van der Waals surface area contributed by atoms with Crippen LogP contribution in [0.3, 0.4) is 0 Å². The first-order chi connectivity index (χ1) is 15.9. The molecule has 2 heterocycles. The third kappa shape index (κ3) is 4.61. The van der Waals surface area contributed by atoms with Crippen LogP contribution in [-0.2, 0) is 23.4 Å². The Kier molecular flexibility index (Phi) is 6.81. The van der Waals surface area contributed by atoms with Crippen molar-refractivity contribution < 1.29 is 23.4 Å². The van der Waals surface area contributed by atoms with Crippen LogP contribution >= 0.6 is 11.8 Å². The van der Waals surface area contributed by atoms with Gasteiger partial charge in [0.25, 0.3) is 8.32 Å². The van der Waals surface area contributed by atoms with Crippen LogP contribution in [0.5, 0.6) is 0 Å². The number of hydrogen-bond donors (Lipinski definition) is 0. The summed E-state index contributed by atoms with van der Waals surface area (Å²) in [6, 6.07) is 21.2. The van der Waals surface area contributed by atoms with Crippen LogP contribution in [-0.4, -0.2) is 49.1 Å². The molecule has 2 aromatic rings. The van der Waals surface area contributed by atoms with Crippen LogP contribution < -0.4 is 10.4 Å². The van der Waals surface area contributed by atoms with Gasteiger partial charge in [-0.05, 0) is 36.2 Å². The second-order valence-corrected chi connectivity index (χ2v) is 16.8. The first-order valence-corrected chi connectivity index (χ1v) is 14.6. The summed E-state index contributed by atoms with van der Waals surface area (Å²) in [7, 11) is -2.72. The molecule has 4 atom stereocenters. The van der Waals surface area contributed by atoms with Crippen molar-refractivity contribution in [3.05, 3.63) is 60.7 Å². The summed E-state index contributed by atoms with van der Waals surface area (Å²) in [5.41, 5.74) is -0.433. The first kappa shape index (κ1) is 25.4.